The summed E-state index contributed by atoms with van der Waals surface area (Å²) in [5.74, 6) is -0.355. The van der Waals surface area contributed by atoms with Crippen LogP contribution in [0.15, 0.2) is 23.4 Å². The smallest absolute Gasteiger partial charge is 0.437 e. The number of fused-ring (bicyclic) bond motifs is 1. The van der Waals surface area contributed by atoms with Crippen LogP contribution in [-0.4, -0.2) is 22.9 Å². The van der Waals surface area contributed by atoms with Crippen LogP contribution in [0, 0.1) is 0 Å². The zero-order chi connectivity index (χ0) is 14.3. The number of hydrogen-bond acceptors (Lipinski definition) is 4. The van der Waals surface area contributed by atoms with Gasteiger partial charge in [0.25, 0.3) is 0 Å². The summed E-state index contributed by atoms with van der Waals surface area (Å²) >= 11 is 0. The zero-order valence-corrected chi connectivity index (χ0v) is 10.3. The van der Waals surface area contributed by atoms with Crippen LogP contribution in [-0.2, 0) is 11.3 Å². The van der Waals surface area contributed by atoms with E-state index in [9.17, 15) is 13.2 Å². The summed E-state index contributed by atoms with van der Waals surface area (Å²) in [7, 11) is 0. The molecule has 0 radical (unpaired) electrons. The Kier molecular flexibility index (Phi) is 3.17. The molecule has 2 rings (SSSR count). The lowest BCUT2D eigenvalue weighted by molar-refractivity contribution is -0.180. The fourth-order valence-electron chi connectivity index (χ4n) is 1.76. The van der Waals surface area contributed by atoms with Crippen molar-refractivity contribution in [3.63, 3.8) is 0 Å². The Hall–Kier alpha value is -1.76. The molecule has 1 aromatic rings. The summed E-state index contributed by atoms with van der Waals surface area (Å²) in [6, 6.07) is 3.85. The Balaban J connectivity index is 2.38. The number of nitrogens with zero attached hydrogens (tertiary/aromatic N) is 1. The maximum atomic E-state index is 12.6. The first-order valence-electron chi connectivity index (χ1n) is 5.48. The van der Waals surface area contributed by atoms with Crippen molar-refractivity contribution in [3.05, 3.63) is 29.3 Å². The largest absolute Gasteiger partial charge is 0.463 e. The van der Waals surface area contributed by atoms with Gasteiger partial charge in [0.1, 0.15) is 5.75 Å². The van der Waals surface area contributed by atoms with E-state index in [0.717, 1.165) is 0 Å². The topological polar surface area (TPSA) is 51.0 Å². The summed E-state index contributed by atoms with van der Waals surface area (Å²) in [5, 5.41) is 10.8. The first kappa shape index (κ1) is 13.7. The lowest BCUT2D eigenvalue weighted by atomic mass is 10.0. The molecule has 0 aromatic heterocycles. The van der Waals surface area contributed by atoms with E-state index in [0.29, 0.717) is 11.3 Å². The average molecular weight is 275 g/mol. The highest BCUT2D eigenvalue weighted by atomic mass is 19.4. The third kappa shape index (κ3) is 2.81. The number of hydrogen-bond donors (Lipinski definition) is 1. The Bertz CT molecular complexity index is 523. The highest BCUT2D eigenvalue weighted by molar-refractivity contribution is 6.04. The fraction of sp³-hybridized carbons (Fsp3) is 0.417. The van der Waals surface area contributed by atoms with Crippen LogP contribution >= 0.6 is 0 Å². The van der Waals surface area contributed by atoms with Crippen LogP contribution < -0.4 is 4.74 Å². The first-order valence-corrected chi connectivity index (χ1v) is 5.48. The number of halogens is 3. The van der Waals surface area contributed by atoms with Crippen molar-refractivity contribution in [3.8, 4) is 5.75 Å². The molecule has 0 atom stereocenters. The quantitative estimate of drug-likeness (QED) is 0.487. The van der Waals surface area contributed by atoms with Crippen molar-refractivity contribution in [1.82, 2.24) is 0 Å². The molecule has 104 valence electrons. The van der Waals surface area contributed by atoms with Crippen LogP contribution in [0.5, 0.6) is 5.75 Å². The number of ether oxygens (including phenoxy) is 2. The lowest BCUT2D eigenvalue weighted by Gasteiger charge is -2.32. The number of alkyl halides is 3. The highest BCUT2D eigenvalue weighted by Crippen LogP contribution is 2.33. The molecule has 1 aromatic carbocycles. The number of rotatable bonds is 1. The minimum Gasteiger partial charge on any atom is -0.463 e. The Morgan fingerprint density at radius 3 is 2.63 bits per heavy atom. The van der Waals surface area contributed by atoms with Gasteiger partial charge in [-0.15, -0.1) is 0 Å². The van der Waals surface area contributed by atoms with Crippen molar-refractivity contribution < 1.29 is 27.9 Å². The van der Waals surface area contributed by atoms with Gasteiger partial charge in [0, 0.05) is 25.0 Å². The highest BCUT2D eigenvalue weighted by Gasteiger charge is 2.38. The van der Waals surface area contributed by atoms with Crippen molar-refractivity contribution in [2.45, 2.75) is 32.4 Å². The second-order valence-corrected chi connectivity index (χ2v) is 4.56. The van der Waals surface area contributed by atoms with Crippen molar-refractivity contribution in [2.24, 2.45) is 5.16 Å². The van der Waals surface area contributed by atoms with Gasteiger partial charge in [0.2, 0.25) is 5.79 Å². The van der Waals surface area contributed by atoms with Gasteiger partial charge in [-0.1, -0.05) is 5.16 Å². The molecule has 19 heavy (non-hydrogen) atoms. The summed E-state index contributed by atoms with van der Waals surface area (Å²) in [6.07, 6.45) is -4.72. The number of oxime groups is 1. The van der Waals surface area contributed by atoms with Gasteiger partial charge in [-0.3, -0.25) is 0 Å². The molecule has 4 nitrogen and oxygen atoms in total. The maximum absolute atomic E-state index is 12.6. The molecule has 1 heterocycles. The molecule has 0 saturated carbocycles. The van der Waals surface area contributed by atoms with Crippen LogP contribution in [0.2, 0.25) is 0 Å². The summed E-state index contributed by atoms with van der Waals surface area (Å²) in [4.78, 5) is 0. The average Bonchev–Trinajstić information content (AvgIpc) is 2.27. The molecule has 0 aliphatic carbocycles. The normalized spacial score (nSPS) is 18.7. The third-order valence-electron chi connectivity index (χ3n) is 2.63. The molecule has 0 amide bonds. The first-order chi connectivity index (χ1) is 8.73. The molecule has 0 bridgehead atoms. The van der Waals surface area contributed by atoms with Crippen LogP contribution in [0.25, 0.3) is 0 Å². The molecule has 0 fully saturated rings. The summed E-state index contributed by atoms with van der Waals surface area (Å²) < 4.78 is 48.6. The third-order valence-corrected chi connectivity index (χ3v) is 2.63. The SMILES string of the molecule is CC1(C)OCc2cc(C(=NO)C(F)(F)F)ccc2O1. The van der Waals surface area contributed by atoms with E-state index in [-0.39, 0.29) is 12.2 Å². The van der Waals surface area contributed by atoms with Crippen LogP contribution in [0.4, 0.5) is 13.2 Å². The van der Waals surface area contributed by atoms with Crippen molar-refractivity contribution >= 4 is 5.71 Å². The lowest BCUT2D eigenvalue weighted by Crippen LogP contribution is -2.35. The molecule has 1 aliphatic heterocycles. The molecule has 1 N–H and O–H groups in total. The summed E-state index contributed by atoms with van der Waals surface area (Å²) in [6.45, 7) is 3.55. The predicted octanol–water partition coefficient (Wildman–Crippen LogP) is 3.07. The Morgan fingerprint density at radius 2 is 2.05 bits per heavy atom. The van der Waals surface area contributed by atoms with Gasteiger partial charge in [-0.25, -0.2) is 0 Å². The minimum atomic E-state index is -4.72. The van der Waals surface area contributed by atoms with E-state index in [1.807, 2.05) is 0 Å². The molecule has 7 heteroatoms. The van der Waals surface area contributed by atoms with Gasteiger partial charge in [-0.05, 0) is 18.2 Å². The number of benzene rings is 1. The van der Waals surface area contributed by atoms with Gasteiger partial charge < -0.3 is 14.7 Å². The van der Waals surface area contributed by atoms with Gasteiger partial charge in [-0.2, -0.15) is 13.2 Å². The van der Waals surface area contributed by atoms with E-state index in [2.05, 4.69) is 5.16 Å². The van der Waals surface area contributed by atoms with E-state index >= 15 is 0 Å². The molecule has 0 saturated heterocycles. The second kappa shape index (κ2) is 4.41. The molecule has 0 unspecified atom stereocenters. The maximum Gasteiger partial charge on any atom is 0.437 e. The molecular weight excluding hydrogens is 263 g/mol. The van der Waals surface area contributed by atoms with Gasteiger partial charge in [0.15, 0.2) is 5.71 Å². The monoisotopic (exact) mass is 275 g/mol. The van der Waals surface area contributed by atoms with Gasteiger partial charge >= 0.3 is 6.18 Å². The molecule has 1 aliphatic rings. The molecule has 0 spiro atoms. The second-order valence-electron chi connectivity index (χ2n) is 4.56. The summed E-state index contributed by atoms with van der Waals surface area (Å²) in [5.41, 5.74) is -1.11. The van der Waals surface area contributed by atoms with Crippen LogP contribution in [0.3, 0.4) is 0 Å². The standard InChI is InChI=1S/C12H12F3NO3/c1-11(2)18-6-8-5-7(3-4-9(8)19-11)10(16-17)12(13,14)15/h3-5,17H,6H2,1-2H3. The van der Waals surface area contributed by atoms with E-state index in [1.54, 1.807) is 13.8 Å². The predicted molar refractivity (Wildman–Crippen MR) is 60.3 cm³/mol. The van der Waals surface area contributed by atoms with E-state index in [4.69, 9.17) is 14.7 Å². The minimum absolute atomic E-state index is 0.132. The molecular formula is C12H12F3NO3. The van der Waals surface area contributed by atoms with Crippen molar-refractivity contribution in [2.75, 3.05) is 0 Å². The Morgan fingerprint density at radius 1 is 1.37 bits per heavy atom. The van der Waals surface area contributed by atoms with Gasteiger partial charge in [0.05, 0.1) is 6.61 Å². The Labute approximate surface area is 107 Å². The van der Waals surface area contributed by atoms with E-state index in [1.165, 1.54) is 18.2 Å². The van der Waals surface area contributed by atoms with Crippen molar-refractivity contribution in [1.29, 1.82) is 0 Å². The zero-order valence-electron chi connectivity index (χ0n) is 10.3. The van der Waals surface area contributed by atoms with Crippen LogP contribution in [0.1, 0.15) is 25.0 Å². The van der Waals surface area contributed by atoms with E-state index < -0.39 is 17.7 Å². The fourth-order valence-corrected chi connectivity index (χ4v) is 1.76.